The van der Waals surface area contributed by atoms with Crippen LogP contribution in [0.2, 0.25) is 0 Å². The molecule has 1 rings (SSSR count). The highest BCUT2D eigenvalue weighted by atomic mass is 35.5. The monoisotopic (exact) mass is 286 g/mol. The maximum Gasteiger partial charge on any atom is 0.419 e. The molecule has 0 amide bonds. The van der Waals surface area contributed by atoms with E-state index in [4.69, 9.17) is 11.6 Å². The van der Waals surface area contributed by atoms with Gasteiger partial charge in [0.2, 0.25) is 0 Å². The van der Waals surface area contributed by atoms with Crippen molar-refractivity contribution in [3.05, 3.63) is 35.1 Å². The quantitative estimate of drug-likeness (QED) is 0.660. The fourth-order valence-corrected chi connectivity index (χ4v) is 1.70. The van der Waals surface area contributed by atoms with E-state index in [9.17, 15) is 27.8 Å². The van der Waals surface area contributed by atoms with Crippen molar-refractivity contribution in [1.29, 1.82) is 0 Å². The van der Waals surface area contributed by atoms with Gasteiger partial charge in [-0.25, -0.2) is 4.39 Å². The largest absolute Gasteiger partial charge is 0.419 e. The van der Waals surface area contributed by atoms with E-state index in [2.05, 4.69) is 0 Å². The number of hydrogen-bond acceptors (Lipinski definition) is 2. The number of alkyl halides is 4. The van der Waals surface area contributed by atoms with Crippen LogP contribution in [0.25, 0.3) is 0 Å². The number of benzene rings is 1. The first kappa shape index (κ1) is 15.2. The van der Waals surface area contributed by atoms with E-state index >= 15 is 0 Å². The second-order valence-corrected chi connectivity index (χ2v) is 4.07. The van der Waals surface area contributed by atoms with Gasteiger partial charge >= 0.3 is 6.18 Å². The minimum Gasteiger partial charge on any atom is -0.390 e. The van der Waals surface area contributed by atoms with E-state index in [-0.39, 0.29) is 12.3 Å². The van der Waals surface area contributed by atoms with Crippen LogP contribution in [0.15, 0.2) is 18.2 Å². The SMILES string of the molecule is OC(CCCl)C(O)c1cccc(C(F)(F)F)c1F. The fraction of sp³-hybridized carbons (Fsp3) is 0.455. The summed E-state index contributed by atoms with van der Waals surface area (Å²) in [6.45, 7) is 0. The molecule has 2 unspecified atom stereocenters. The smallest absolute Gasteiger partial charge is 0.390 e. The number of aliphatic hydroxyl groups excluding tert-OH is 2. The van der Waals surface area contributed by atoms with Gasteiger partial charge in [0.1, 0.15) is 11.9 Å². The topological polar surface area (TPSA) is 40.5 Å². The lowest BCUT2D eigenvalue weighted by Crippen LogP contribution is -2.21. The molecule has 7 heteroatoms. The van der Waals surface area contributed by atoms with Gasteiger partial charge in [0, 0.05) is 11.4 Å². The fourth-order valence-electron chi connectivity index (χ4n) is 1.47. The molecular formula is C11H11ClF4O2. The molecule has 0 aromatic heterocycles. The molecule has 2 nitrogen and oxygen atoms in total. The average molecular weight is 287 g/mol. The summed E-state index contributed by atoms with van der Waals surface area (Å²) in [6, 6.07) is 2.53. The van der Waals surface area contributed by atoms with Gasteiger partial charge in [-0.05, 0) is 12.5 Å². The molecule has 0 aliphatic heterocycles. The van der Waals surface area contributed by atoms with Crippen LogP contribution in [0.3, 0.4) is 0 Å². The molecule has 0 aliphatic rings. The van der Waals surface area contributed by atoms with Crippen molar-refractivity contribution in [3.63, 3.8) is 0 Å². The van der Waals surface area contributed by atoms with Crippen LogP contribution in [0.1, 0.15) is 23.7 Å². The average Bonchev–Trinajstić information content (AvgIpc) is 2.27. The van der Waals surface area contributed by atoms with Crippen LogP contribution in [0.4, 0.5) is 17.6 Å². The Morgan fingerprint density at radius 3 is 2.33 bits per heavy atom. The zero-order valence-electron chi connectivity index (χ0n) is 9.09. The molecule has 0 spiro atoms. The zero-order chi connectivity index (χ0) is 13.9. The van der Waals surface area contributed by atoms with Crippen LogP contribution in [-0.4, -0.2) is 22.2 Å². The van der Waals surface area contributed by atoms with Crippen LogP contribution >= 0.6 is 11.6 Å². The third-order valence-electron chi connectivity index (χ3n) is 2.42. The van der Waals surface area contributed by atoms with Gasteiger partial charge in [-0.2, -0.15) is 13.2 Å². The molecule has 0 radical (unpaired) electrons. The molecule has 2 N–H and O–H groups in total. The summed E-state index contributed by atoms with van der Waals surface area (Å²) in [4.78, 5) is 0. The third kappa shape index (κ3) is 3.34. The second kappa shape index (κ2) is 5.86. The number of halogens is 5. The predicted molar refractivity (Wildman–Crippen MR) is 57.7 cm³/mol. The number of aliphatic hydroxyl groups is 2. The zero-order valence-corrected chi connectivity index (χ0v) is 9.84. The van der Waals surface area contributed by atoms with Gasteiger partial charge in [0.25, 0.3) is 0 Å². The lowest BCUT2D eigenvalue weighted by atomic mass is 9.99. The van der Waals surface area contributed by atoms with Crippen molar-refractivity contribution >= 4 is 11.6 Å². The summed E-state index contributed by atoms with van der Waals surface area (Å²) < 4.78 is 50.9. The lowest BCUT2D eigenvalue weighted by molar-refractivity contribution is -0.140. The molecule has 0 heterocycles. The summed E-state index contributed by atoms with van der Waals surface area (Å²) in [5.41, 5.74) is -2.07. The van der Waals surface area contributed by atoms with Crippen LogP contribution in [0, 0.1) is 5.82 Å². The first-order valence-electron chi connectivity index (χ1n) is 5.06. The normalized spacial score (nSPS) is 15.5. The Morgan fingerprint density at radius 1 is 1.22 bits per heavy atom. The number of hydrogen-bond donors (Lipinski definition) is 2. The molecule has 0 bridgehead atoms. The molecule has 0 saturated carbocycles. The molecule has 1 aromatic rings. The standard InChI is InChI=1S/C11H11ClF4O2/c12-5-4-8(17)10(18)6-2-1-3-7(9(6)13)11(14,15)16/h1-3,8,10,17-18H,4-5H2. The molecular weight excluding hydrogens is 276 g/mol. The maximum atomic E-state index is 13.6. The van der Waals surface area contributed by atoms with Crippen molar-refractivity contribution in [2.24, 2.45) is 0 Å². The summed E-state index contributed by atoms with van der Waals surface area (Å²) in [6.07, 6.45) is -8.07. The van der Waals surface area contributed by atoms with Crippen LogP contribution < -0.4 is 0 Å². The van der Waals surface area contributed by atoms with Crippen molar-refractivity contribution < 1.29 is 27.8 Å². The summed E-state index contributed by atoms with van der Waals surface area (Å²) in [5, 5.41) is 19.0. The van der Waals surface area contributed by atoms with E-state index < -0.39 is 35.3 Å². The van der Waals surface area contributed by atoms with Crippen molar-refractivity contribution in [3.8, 4) is 0 Å². The maximum absolute atomic E-state index is 13.6. The van der Waals surface area contributed by atoms with Gasteiger partial charge < -0.3 is 10.2 Å². The first-order valence-corrected chi connectivity index (χ1v) is 5.60. The highest BCUT2D eigenvalue weighted by Gasteiger charge is 2.36. The molecule has 0 fully saturated rings. The Morgan fingerprint density at radius 2 is 1.83 bits per heavy atom. The van der Waals surface area contributed by atoms with E-state index in [1.54, 1.807) is 0 Å². The molecule has 0 saturated heterocycles. The Hall–Kier alpha value is -0.850. The van der Waals surface area contributed by atoms with Crippen LogP contribution in [0.5, 0.6) is 0 Å². The van der Waals surface area contributed by atoms with Gasteiger partial charge in [0.05, 0.1) is 11.7 Å². The van der Waals surface area contributed by atoms with Gasteiger partial charge in [-0.1, -0.05) is 12.1 Å². The second-order valence-electron chi connectivity index (χ2n) is 3.70. The van der Waals surface area contributed by atoms with Crippen molar-refractivity contribution in [1.82, 2.24) is 0 Å². The third-order valence-corrected chi connectivity index (χ3v) is 2.64. The van der Waals surface area contributed by atoms with E-state index in [0.29, 0.717) is 6.07 Å². The summed E-state index contributed by atoms with van der Waals surface area (Å²) >= 11 is 5.33. The summed E-state index contributed by atoms with van der Waals surface area (Å²) in [7, 11) is 0. The predicted octanol–water partition coefficient (Wildman–Crippen LogP) is 2.87. The minimum absolute atomic E-state index is 0.00118. The van der Waals surface area contributed by atoms with E-state index in [1.165, 1.54) is 0 Å². The van der Waals surface area contributed by atoms with Crippen molar-refractivity contribution in [2.75, 3.05) is 5.88 Å². The van der Waals surface area contributed by atoms with Crippen LogP contribution in [-0.2, 0) is 6.18 Å². The molecule has 2 atom stereocenters. The van der Waals surface area contributed by atoms with E-state index in [0.717, 1.165) is 12.1 Å². The Bertz CT molecular complexity index is 409. The van der Waals surface area contributed by atoms with Crippen molar-refractivity contribution in [2.45, 2.75) is 24.8 Å². The van der Waals surface area contributed by atoms with Gasteiger partial charge in [-0.15, -0.1) is 11.6 Å². The number of rotatable bonds is 4. The minimum atomic E-state index is -4.85. The molecule has 1 aromatic carbocycles. The summed E-state index contributed by atoms with van der Waals surface area (Å²) in [5.74, 6) is -1.58. The highest BCUT2D eigenvalue weighted by molar-refractivity contribution is 6.17. The highest BCUT2D eigenvalue weighted by Crippen LogP contribution is 2.34. The molecule has 18 heavy (non-hydrogen) atoms. The Kier molecular flexibility index (Phi) is 4.95. The Balaban J connectivity index is 3.11. The van der Waals surface area contributed by atoms with Gasteiger partial charge in [-0.3, -0.25) is 0 Å². The van der Waals surface area contributed by atoms with E-state index in [1.807, 2.05) is 0 Å². The first-order chi connectivity index (χ1) is 8.29. The lowest BCUT2D eigenvalue weighted by Gasteiger charge is -2.19. The van der Waals surface area contributed by atoms with Gasteiger partial charge in [0.15, 0.2) is 0 Å². The molecule has 102 valence electrons. The molecule has 0 aliphatic carbocycles. The Labute approximate surface area is 106 Å².